The lowest BCUT2D eigenvalue weighted by atomic mass is 10.2. The number of halogens is 1. The number of nitrogens with one attached hydrogen (secondary N) is 1. The number of carbonyl (C=O) groups is 2. The second kappa shape index (κ2) is 3.87. The molecule has 0 unspecified atom stereocenters. The Kier molecular flexibility index (Phi) is 2.81. The van der Waals surface area contributed by atoms with Gasteiger partial charge < -0.3 is 11.1 Å². The molecule has 1 aromatic carbocycles. The van der Waals surface area contributed by atoms with E-state index >= 15 is 0 Å². The van der Waals surface area contributed by atoms with E-state index in [2.05, 4.69) is 5.32 Å². The highest BCUT2D eigenvalue weighted by molar-refractivity contribution is 6.40. The van der Waals surface area contributed by atoms with Crippen molar-refractivity contribution in [1.82, 2.24) is 0 Å². The van der Waals surface area contributed by atoms with Crippen LogP contribution >= 0.6 is 0 Å². The average molecular weight is 196 g/mol. The molecule has 74 valence electrons. The fourth-order valence-electron chi connectivity index (χ4n) is 0.858. The summed E-state index contributed by atoms with van der Waals surface area (Å²) in [4.78, 5) is 21.5. The molecule has 0 atom stereocenters. The summed E-state index contributed by atoms with van der Waals surface area (Å²) in [7, 11) is 0. The van der Waals surface area contributed by atoms with Gasteiger partial charge in [0.1, 0.15) is 5.82 Å². The Labute approximate surface area is 79.9 Å². The van der Waals surface area contributed by atoms with Gasteiger partial charge in [0.05, 0.1) is 11.4 Å². The average Bonchev–Trinajstić information content (AvgIpc) is 2.09. The molecule has 0 radical (unpaired) electrons. The quantitative estimate of drug-likeness (QED) is 0.546. The van der Waals surface area contributed by atoms with E-state index in [9.17, 15) is 14.0 Å². The second-order valence-corrected chi connectivity index (χ2v) is 2.74. The zero-order chi connectivity index (χ0) is 10.7. The number of hydrogen-bond donors (Lipinski definition) is 2. The van der Waals surface area contributed by atoms with Crippen molar-refractivity contribution >= 4 is 23.1 Å². The van der Waals surface area contributed by atoms with E-state index in [1.807, 2.05) is 0 Å². The number of Topliss-reactive ketones (excluding diaryl/α,β-unsaturated/α-hetero) is 1. The van der Waals surface area contributed by atoms with E-state index in [-0.39, 0.29) is 11.4 Å². The van der Waals surface area contributed by atoms with Crippen LogP contribution in [0.5, 0.6) is 0 Å². The summed E-state index contributed by atoms with van der Waals surface area (Å²) in [5.74, 6) is -1.90. The lowest BCUT2D eigenvalue weighted by molar-refractivity contribution is -0.133. The number of nitrogen functional groups attached to an aromatic ring is 1. The first kappa shape index (κ1) is 10.2. The third-order valence-corrected chi connectivity index (χ3v) is 1.58. The Balaban J connectivity index is 2.87. The molecule has 4 nitrogen and oxygen atoms in total. The molecule has 0 aliphatic rings. The van der Waals surface area contributed by atoms with Crippen molar-refractivity contribution in [2.75, 3.05) is 11.1 Å². The number of amides is 1. The maximum atomic E-state index is 12.6. The Morgan fingerprint density at radius 1 is 1.43 bits per heavy atom. The van der Waals surface area contributed by atoms with Crippen LogP contribution in [-0.2, 0) is 9.59 Å². The molecular weight excluding hydrogens is 187 g/mol. The van der Waals surface area contributed by atoms with Crippen LogP contribution in [-0.4, -0.2) is 11.7 Å². The summed E-state index contributed by atoms with van der Waals surface area (Å²) in [6.45, 7) is 1.13. The molecule has 0 aromatic heterocycles. The normalized spacial score (nSPS) is 9.57. The molecule has 0 saturated heterocycles. The number of carbonyl (C=O) groups excluding carboxylic acids is 2. The summed E-state index contributed by atoms with van der Waals surface area (Å²) in [6, 6.07) is 3.51. The molecule has 0 aliphatic carbocycles. The molecule has 0 heterocycles. The van der Waals surface area contributed by atoms with Crippen LogP contribution in [0.1, 0.15) is 6.92 Å². The minimum atomic E-state index is -0.775. The standard InChI is InChI=1S/C9H9FN2O2/c1-5(13)9(14)12-8-3-2-6(10)4-7(8)11/h2-4H,11H2,1H3,(H,12,14). The molecule has 0 spiro atoms. The van der Waals surface area contributed by atoms with E-state index in [0.717, 1.165) is 19.1 Å². The van der Waals surface area contributed by atoms with Gasteiger partial charge in [0, 0.05) is 6.92 Å². The molecule has 3 N–H and O–H groups in total. The Morgan fingerprint density at radius 2 is 2.07 bits per heavy atom. The van der Waals surface area contributed by atoms with Crippen molar-refractivity contribution in [2.45, 2.75) is 6.92 Å². The van der Waals surface area contributed by atoms with Crippen LogP contribution in [0.3, 0.4) is 0 Å². The number of ketones is 1. The molecule has 0 aliphatic heterocycles. The van der Waals surface area contributed by atoms with E-state index < -0.39 is 17.5 Å². The van der Waals surface area contributed by atoms with Crippen molar-refractivity contribution < 1.29 is 14.0 Å². The molecule has 1 amide bonds. The minimum Gasteiger partial charge on any atom is -0.397 e. The monoisotopic (exact) mass is 196 g/mol. The van der Waals surface area contributed by atoms with Crippen LogP contribution in [0.4, 0.5) is 15.8 Å². The summed E-state index contributed by atoms with van der Waals surface area (Å²) in [5.41, 5.74) is 5.72. The number of benzene rings is 1. The van der Waals surface area contributed by atoms with Gasteiger partial charge in [-0.15, -0.1) is 0 Å². The smallest absolute Gasteiger partial charge is 0.291 e. The first-order chi connectivity index (χ1) is 6.50. The Hall–Kier alpha value is -1.91. The lowest BCUT2D eigenvalue weighted by Gasteiger charge is -2.05. The number of anilines is 2. The predicted octanol–water partition coefficient (Wildman–Crippen LogP) is 0.935. The fourth-order valence-corrected chi connectivity index (χ4v) is 0.858. The van der Waals surface area contributed by atoms with Gasteiger partial charge >= 0.3 is 0 Å². The van der Waals surface area contributed by atoms with Gasteiger partial charge in [0.15, 0.2) is 0 Å². The summed E-state index contributed by atoms with van der Waals surface area (Å²) in [5, 5.41) is 2.26. The van der Waals surface area contributed by atoms with Crippen LogP contribution in [0.2, 0.25) is 0 Å². The van der Waals surface area contributed by atoms with E-state index in [1.54, 1.807) is 0 Å². The first-order valence-corrected chi connectivity index (χ1v) is 3.87. The molecule has 1 aromatic rings. The summed E-state index contributed by atoms with van der Waals surface area (Å²) >= 11 is 0. The van der Waals surface area contributed by atoms with Crippen molar-refractivity contribution in [3.05, 3.63) is 24.0 Å². The van der Waals surface area contributed by atoms with Crippen molar-refractivity contribution in [2.24, 2.45) is 0 Å². The van der Waals surface area contributed by atoms with Crippen LogP contribution in [0, 0.1) is 5.82 Å². The first-order valence-electron chi connectivity index (χ1n) is 3.87. The predicted molar refractivity (Wildman–Crippen MR) is 50.1 cm³/mol. The fraction of sp³-hybridized carbons (Fsp3) is 0.111. The maximum Gasteiger partial charge on any atom is 0.291 e. The Morgan fingerprint density at radius 3 is 2.57 bits per heavy atom. The van der Waals surface area contributed by atoms with E-state index in [1.165, 1.54) is 6.07 Å². The van der Waals surface area contributed by atoms with Gasteiger partial charge in [0.2, 0.25) is 5.78 Å². The minimum absolute atomic E-state index is 0.0830. The van der Waals surface area contributed by atoms with Gasteiger partial charge in [-0.1, -0.05) is 0 Å². The topological polar surface area (TPSA) is 72.2 Å². The molecule has 0 fully saturated rings. The van der Waals surface area contributed by atoms with Crippen molar-refractivity contribution in [3.8, 4) is 0 Å². The van der Waals surface area contributed by atoms with Crippen molar-refractivity contribution in [1.29, 1.82) is 0 Å². The zero-order valence-electron chi connectivity index (χ0n) is 7.50. The van der Waals surface area contributed by atoms with E-state index in [0.29, 0.717) is 0 Å². The highest BCUT2D eigenvalue weighted by atomic mass is 19.1. The van der Waals surface area contributed by atoms with E-state index in [4.69, 9.17) is 5.73 Å². The van der Waals surface area contributed by atoms with Gasteiger partial charge in [-0.05, 0) is 18.2 Å². The highest BCUT2D eigenvalue weighted by Gasteiger charge is 2.09. The molecule has 0 saturated carbocycles. The number of nitrogens with two attached hydrogens (primary N) is 1. The van der Waals surface area contributed by atoms with Gasteiger partial charge in [0.25, 0.3) is 5.91 Å². The van der Waals surface area contributed by atoms with Crippen LogP contribution in [0.25, 0.3) is 0 Å². The molecule has 5 heteroatoms. The highest BCUT2D eigenvalue weighted by Crippen LogP contribution is 2.18. The summed E-state index contributed by atoms with van der Waals surface area (Å²) in [6.07, 6.45) is 0. The largest absolute Gasteiger partial charge is 0.397 e. The molecule has 0 bridgehead atoms. The third-order valence-electron chi connectivity index (χ3n) is 1.58. The lowest BCUT2D eigenvalue weighted by Crippen LogP contribution is -2.20. The van der Waals surface area contributed by atoms with Gasteiger partial charge in [-0.3, -0.25) is 9.59 Å². The summed E-state index contributed by atoms with van der Waals surface area (Å²) < 4.78 is 12.6. The number of hydrogen-bond acceptors (Lipinski definition) is 3. The van der Waals surface area contributed by atoms with Crippen molar-refractivity contribution in [3.63, 3.8) is 0 Å². The third kappa shape index (κ3) is 2.29. The molecular formula is C9H9FN2O2. The maximum absolute atomic E-state index is 12.6. The Bertz CT molecular complexity index is 390. The van der Waals surface area contributed by atoms with Crippen LogP contribution in [0.15, 0.2) is 18.2 Å². The zero-order valence-corrected chi connectivity index (χ0v) is 7.50. The van der Waals surface area contributed by atoms with Gasteiger partial charge in [-0.2, -0.15) is 0 Å². The van der Waals surface area contributed by atoms with Crippen LogP contribution < -0.4 is 11.1 Å². The molecule has 1 rings (SSSR count). The van der Waals surface area contributed by atoms with Gasteiger partial charge in [-0.25, -0.2) is 4.39 Å². The molecule has 14 heavy (non-hydrogen) atoms. The number of rotatable bonds is 2. The second-order valence-electron chi connectivity index (χ2n) is 2.74. The SMILES string of the molecule is CC(=O)C(=O)Nc1ccc(F)cc1N.